The maximum atomic E-state index is 12.2. The number of pyridine rings is 1. The van der Waals surface area contributed by atoms with Crippen molar-refractivity contribution in [3.63, 3.8) is 0 Å². The lowest BCUT2D eigenvalue weighted by atomic mass is 10.1. The SMILES string of the molecule is CC1CCCCN1S(=O)(=O)Nc1cccnc1Cl. The predicted octanol–water partition coefficient (Wildman–Crippen LogP) is 2.27. The summed E-state index contributed by atoms with van der Waals surface area (Å²) in [5.41, 5.74) is 0.317. The number of anilines is 1. The first-order chi connectivity index (χ1) is 8.50. The third-order valence-corrected chi connectivity index (χ3v) is 4.99. The van der Waals surface area contributed by atoms with Crippen molar-refractivity contribution in [1.29, 1.82) is 0 Å². The molecule has 2 heterocycles. The number of hydrogen-bond donors (Lipinski definition) is 1. The number of hydrogen-bond acceptors (Lipinski definition) is 3. The molecule has 0 aliphatic carbocycles. The van der Waals surface area contributed by atoms with Crippen molar-refractivity contribution in [2.24, 2.45) is 0 Å². The van der Waals surface area contributed by atoms with Crippen LogP contribution in [-0.4, -0.2) is 30.3 Å². The highest BCUT2D eigenvalue weighted by molar-refractivity contribution is 7.90. The van der Waals surface area contributed by atoms with E-state index >= 15 is 0 Å². The van der Waals surface area contributed by atoms with E-state index in [0.717, 1.165) is 19.3 Å². The minimum absolute atomic E-state index is 0.0201. The van der Waals surface area contributed by atoms with Gasteiger partial charge in [0.05, 0.1) is 5.69 Å². The van der Waals surface area contributed by atoms with Crippen LogP contribution >= 0.6 is 11.6 Å². The fourth-order valence-electron chi connectivity index (χ4n) is 2.09. The van der Waals surface area contributed by atoms with Crippen LogP contribution in [-0.2, 0) is 10.2 Å². The number of aromatic nitrogens is 1. The van der Waals surface area contributed by atoms with Gasteiger partial charge in [0.15, 0.2) is 5.15 Å². The van der Waals surface area contributed by atoms with Gasteiger partial charge in [-0.25, -0.2) is 4.98 Å². The van der Waals surface area contributed by atoms with E-state index in [1.165, 1.54) is 10.5 Å². The minimum Gasteiger partial charge on any atom is -0.268 e. The number of piperidine rings is 1. The molecule has 1 aliphatic rings. The Bertz CT molecular complexity index is 521. The highest BCUT2D eigenvalue weighted by Crippen LogP contribution is 2.24. The van der Waals surface area contributed by atoms with Gasteiger partial charge in [-0.05, 0) is 31.9 Å². The van der Waals surface area contributed by atoms with Crippen LogP contribution in [0.2, 0.25) is 5.15 Å². The highest BCUT2D eigenvalue weighted by Gasteiger charge is 2.29. The highest BCUT2D eigenvalue weighted by atomic mass is 35.5. The number of halogens is 1. The van der Waals surface area contributed by atoms with E-state index in [9.17, 15) is 8.42 Å². The van der Waals surface area contributed by atoms with E-state index in [1.807, 2.05) is 6.92 Å². The zero-order valence-electron chi connectivity index (χ0n) is 10.1. The molecule has 0 bridgehead atoms. The normalized spacial score (nSPS) is 21.8. The van der Waals surface area contributed by atoms with E-state index in [2.05, 4.69) is 9.71 Å². The minimum atomic E-state index is -3.55. The van der Waals surface area contributed by atoms with Gasteiger partial charge in [-0.15, -0.1) is 0 Å². The van der Waals surface area contributed by atoms with Crippen LogP contribution in [0.25, 0.3) is 0 Å². The van der Waals surface area contributed by atoms with Gasteiger partial charge < -0.3 is 0 Å². The van der Waals surface area contributed by atoms with Crippen molar-refractivity contribution < 1.29 is 8.42 Å². The molecule has 1 aromatic heterocycles. The Hall–Kier alpha value is -0.850. The van der Waals surface area contributed by atoms with Gasteiger partial charge in [0.25, 0.3) is 0 Å². The van der Waals surface area contributed by atoms with Crippen molar-refractivity contribution in [1.82, 2.24) is 9.29 Å². The summed E-state index contributed by atoms with van der Waals surface area (Å²) in [6.07, 6.45) is 4.37. The molecular formula is C11H16ClN3O2S. The summed E-state index contributed by atoms with van der Waals surface area (Å²) in [6.45, 7) is 2.47. The Morgan fingerprint density at radius 3 is 2.94 bits per heavy atom. The predicted molar refractivity (Wildman–Crippen MR) is 71.8 cm³/mol. The van der Waals surface area contributed by atoms with Crippen LogP contribution in [0.15, 0.2) is 18.3 Å². The lowest BCUT2D eigenvalue weighted by Crippen LogP contribution is -2.44. The van der Waals surface area contributed by atoms with Crippen molar-refractivity contribution in [3.8, 4) is 0 Å². The molecular weight excluding hydrogens is 274 g/mol. The summed E-state index contributed by atoms with van der Waals surface area (Å²) in [4.78, 5) is 3.85. The molecule has 0 saturated carbocycles. The van der Waals surface area contributed by atoms with Gasteiger partial charge in [0.2, 0.25) is 0 Å². The molecule has 1 aliphatic heterocycles. The smallest absolute Gasteiger partial charge is 0.268 e. The van der Waals surface area contributed by atoms with Crippen LogP contribution in [0.4, 0.5) is 5.69 Å². The molecule has 1 N–H and O–H groups in total. The Balaban J connectivity index is 2.19. The molecule has 5 nitrogen and oxygen atoms in total. The van der Waals surface area contributed by atoms with E-state index < -0.39 is 10.2 Å². The molecule has 0 radical (unpaired) electrons. The summed E-state index contributed by atoms with van der Waals surface area (Å²) in [7, 11) is -3.55. The fraction of sp³-hybridized carbons (Fsp3) is 0.545. The number of nitrogens with one attached hydrogen (secondary N) is 1. The van der Waals surface area contributed by atoms with E-state index in [0.29, 0.717) is 12.2 Å². The Morgan fingerprint density at radius 1 is 1.50 bits per heavy atom. The van der Waals surface area contributed by atoms with Crippen molar-refractivity contribution in [2.75, 3.05) is 11.3 Å². The molecule has 1 saturated heterocycles. The van der Waals surface area contributed by atoms with Gasteiger partial charge in [0.1, 0.15) is 0 Å². The lowest BCUT2D eigenvalue weighted by Gasteiger charge is -2.32. The maximum Gasteiger partial charge on any atom is 0.301 e. The first-order valence-corrected chi connectivity index (χ1v) is 7.72. The van der Waals surface area contributed by atoms with Crippen molar-refractivity contribution >= 4 is 27.5 Å². The van der Waals surface area contributed by atoms with E-state index in [1.54, 1.807) is 12.1 Å². The molecule has 1 unspecified atom stereocenters. The molecule has 2 rings (SSSR count). The zero-order chi connectivity index (χ0) is 13.2. The summed E-state index contributed by atoms with van der Waals surface area (Å²) in [5.74, 6) is 0. The van der Waals surface area contributed by atoms with E-state index in [4.69, 9.17) is 11.6 Å². The summed E-state index contributed by atoms with van der Waals surface area (Å²) < 4.78 is 28.5. The molecule has 1 atom stereocenters. The molecule has 1 fully saturated rings. The molecule has 18 heavy (non-hydrogen) atoms. The quantitative estimate of drug-likeness (QED) is 0.868. The van der Waals surface area contributed by atoms with Crippen LogP contribution < -0.4 is 4.72 Å². The maximum absolute atomic E-state index is 12.2. The summed E-state index contributed by atoms with van der Waals surface area (Å²) >= 11 is 5.85. The van der Waals surface area contributed by atoms with Gasteiger partial charge in [-0.1, -0.05) is 18.0 Å². The molecule has 7 heteroatoms. The second-order valence-corrected chi connectivity index (χ2v) is 6.39. The Labute approximate surface area is 112 Å². The number of rotatable bonds is 3. The largest absolute Gasteiger partial charge is 0.301 e. The average Bonchev–Trinajstić information content (AvgIpc) is 2.32. The van der Waals surface area contributed by atoms with Crippen LogP contribution in [0, 0.1) is 0 Å². The first-order valence-electron chi connectivity index (χ1n) is 5.91. The monoisotopic (exact) mass is 289 g/mol. The standard InChI is InChI=1S/C11H16ClN3O2S/c1-9-5-2-3-8-15(9)18(16,17)14-10-6-4-7-13-11(10)12/h4,6-7,9,14H,2-3,5,8H2,1H3. The van der Waals surface area contributed by atoms with Crippen molar-refractivity contribution in [3.05, 3.63) is 23.5 Å². The van der Waals surface area contributed by atoms with Crippen LogP contribution in [0.1, 0.15) is 26.2 Å². The molecule has 0 spiro atoms. The lowest BCUT2D eigenvalue weighted by molar-refractivity contribution is 0.270. The van der Waals surface area contributed by atoms with Gasteiger partial charge in [-0.3, -0.25) is 4.72 Å². The topological polar surface area (TPSA) is 62.3 Å². The molecule has 1 aromatic rings. The van der Waals surface area contributed by atoms with Gasteiger partial charge in [-0.2, -0.15) is 12.7 Å². The number of nitrogens with zero attached hydrogens (tertiary/aromatic N) is 2. The van der Waals surface area contributed by atoms with E-state index in [-0.39, 0.29) is 11.2 Å². The third kappa shape index (κ3) is 2.93. The van der Waals surface area contributed by atoms with Gasteiger partial charge in [0, 0.05) is 18.8 Å². The van der Waals surface area contributed by atoms with Crippen molar-refractivity contribution in [2.45, 2.75) is 32.2 Å². The molecule has 0 amide bonds. The van der Waals surface area contributed by atoms with Gasteiger partial charge >= 0.3 is 10.2 Å². The second kappa shape index (κ2) is 5.42. The second-order valence-electron chi connectivity index (χ2n) is 4.40. The fourth-order valence-corrected chi connectivity index (χ4v) is 3.82. The third-order valence-electron chi connectivity index (χ3n) is 3.05. The summed E-state index contributed by atoms with van der Waals surface area (Å²) in [5, 5.41) is 0.158. The first kappa shape index (κ1) is 13.6. The van der Waals surface area contributed by atoms with Crippen LogP contribution in [0.3, 0.4) is 0 Å². The molecule has 100 valence electrons. The Morgan fingerprint density at radius 2 is 2.28 bits per heavy atom. The molecule has 0 aromatic carbocycles. The Kier molecular flexibility index (Phi) is 4.09. The average molecular weight is 290 g/mol. The summed E-state index contributed by atoms with van der Waals surface area (Å²) in [6, 6.07) is 3.26. The zero-order valence-corrected chi connectivity index (χ0v) is 11.7. The van der Waals surface area contributed by atoms with Crippen LogP contribution in [0.5, 0.6) is 0 Å².